The highest BCUT2D eigenvalue weighted by molar-refractivity contribution is 5.78. The molecule has 0 bridgehead atoms. The lowest BCUT2D eigenvalue weighted by Gasteiger charge is -2.40. The number of hydrogen-bond donors (Lipinski definition) is 2. The second kappa shape index (κ2) is 5.83. The van der Waals surface area contributed by atoms with Crippen molar-refractivity contribution in [2.75, 3.05) is 13.1 Å². The molecule has 4 nitrogen and oxygen atoms in total. The number of nitrogens with zero attached hydrogens (tertiary/aromatic N) is 1. The number of nitrogens with two attached hydrogens (primary N) is 1. The van der Waals surface area contributed by atoms with Crippen molar-refractivity contribution >= 4 is 5.91 Å². The molecule has 0 aliphatic carbocycles. The Balaban J connectivity index is 2.55. The molecule has 0 aromatic heterocycles. The zero-order valence-corrected chi connectivity index (χ0v) is 11.6. The summed E-state index contributed by atoms with van der Waals surface area (Å²) in [7, 11) is 0. The lowest BCUT2D eigenvalue weighted by Crippen LogP contribution is -2.54. The molecule has 1 aliphatic rings. The molecule has 1 saturated heterocycles. The third kappa shape index (κ3) is 4.64. The molecule has 2 unspecified atom stereocenters. The molecule has 17 heavy (non-hydrogen) atoms. The Bertz CT molecular complexity index is 260. The Kier molecular flexibility index (Phi) is 4.95. The van der Waals surface area contributed by atoms with Crippen LogP contribution in [0.4, 0.5) is 0 Å². The van der Waals surface area contributed by atoms with Gasteiger partial charge in [0, 0.05) is 24.2 Å². The summed E-state index contributed by atoms with van der Waals surface area (Å²) in [4.78, 5) is 14.2. The highest BCUT2D eigenvalue weighted by atomic mass is 16.2. The second-order valence-electron chi connectivity index (χ2n) is 6.14. The van der Waals surface area contributed by atoms with Crippen LogP contribution in [0.1, 0.15) is 47.0 Å². The SMILES string of the molecule is CC1CCCC(CN)N1CC(=O)NC(C)(C)C. The number of amides is 1. The number of likely N-dealkylation sites (tertiary alicyclic amines) is 1. The van der Waals surface area contributed by atoms with Gasteiger partial charge in [-0.05, 0) is 40.5 Å². The van der Waals surface area contributed by atoms with Gasteiger partial charge in [-0.1, -0.05) is 6.42 Å². The van der Waals surface area contributed by atoms with Gasteiger partial charge in [0.05, 0.1) is 6.54 Å². The van der Waals surface area contributed by atoms with E-state index < -0.39 is 0 Å². The van der Waals surface area contributed by atoms with Crippen LogP contribution in [0.15, 0.2) is 0 Å². The van der Waals surface area contributed by atoms with E-state index in [1.54, 1.807) is 0 Å². The molecule has 1 amide bonds. The lowest BCUT2D eigenvalue weighted by atomic mass is 9.96. The van der Waals surface area contributed by atoms with Gasteiger partial charge in [-0.3, -0.25) is 9.69 Å². The zero-order chi connectivity index (χ0) is 13.1. The van der Waals surface area contributed by atoms with Gasteiger partial charge in [0.25, 0.3) is 0 Å². The fraction of sp³-hybridized carbons (Fsp3) is 0.923. The van der Waals surface area contributed by atoms with E-state index in [2.05, 4.69) is 17.1 Å². The Labute approximate surface area is 105 Å². The van der Waals surface area contributed by atoms with Gasteiger partial charge < -0.3 is 11.1 Å². The van der Waals surface area contributed by atoms with Crippen molar-refractivity contribution in [2.45, 2.75) is 64.6 Å². The Morgan fingerprint density at radius 1 is 1.41 bits per heavy atom. The standard InChI is InChI=1S/C13H27N3O/c1-10-6-5-7-11(8-14)16(10)9-12(17)15-13(2,3)4/h10-11H,5-9,14H2,1-4H3,(H,15,17). The maximum Gasteiger partial charge on any atom is 0.234 e. The van der Waals surface area contributed by atoms with Gasteiger partial charge in [0.1, 0.15) is 0 Å². The predicted molar refractivity (Wildman–Crippen MR) is 70.8 cm³/mol. The maximum atomic E-state index is 11.9. The molecule has 0 spiro atoms. The van der Waals surface area contributed by atoms with Gasteiger partial charge in [-0.2, -0.15) is 0 Å². The van der Waals surface area contributed by atoms with Gasteiger partial charge >= 0.3 is 0 Å². The van der Waals surface area contributed by atoms with Crippen LogP contribution in [0, 0.1) is 0 Å². The quantitative estimate of drug-likeness (QED) is 0.778. The van der Waals surface area contributed by atoms with Gasteiger partial charge in [-0.15, -0.1) is 0 Å². The molecule has 1 fully saturated rings. The van der Waals surface area contributed by atoms with E-state index in [0.717, 1.165) is 6.42 Å². The minimum atomic E-state index is -0.158. The van der Waals surface area contributed by atoms with Crippen molar-refractivity contribution in [2.24, 2.45) is 5.73 Å². The van der Waals surface area contributed by atoms with Crippen LogP contribution >= 0.6 is 0 Å². The molecule has 2 atom stereocenters. The summed E-state index contributed by atoms with van der Waals surface area (Å²) < 4.78 is 0. The number of carbonyl (C=O) groups is 1. The first-order valence-corrected chi connectivity index (χ1v) is 6.60. The van der Waals surface area contributed by atoms with Crippen molar-refractivity contribution < 1.29 is 4.79 Å². The first kappa shape index (κ1) is 14.5. The van der Waals surface area contributed by atoms with Crippen LogP contribution in [-0.2, 0) is 4.79 Å². The van der Waals surface area contributed by atoms with Crippen molar-refractivity contribution in [1.82, 2.24) is 10.2 Å². The summed E-state index contributed by atoms with van der Waals surface area (Å²) >= 11 is 0. The highest BCUT2D eigenvalue weighted by Crippen LogP contribution is 2.21. The monoisotopic (exact) mass is 241 g/mol. The summed E-state index contributed by atoms with van der Waals surface area (Å²) in [5, 5.41) is 3.01. The van der Waals surface area contributed by atoms with E-state index in [1.807, 2.05) is 20.8 Å². The fourth-order valence-electron chi connectivity index (χ4n) is 2.50. The largest absolute Gasteiger partial charge is 0.350 e. The molecule has 1 rings (SSSR count). The average Bonchev–Trinajstić information content (AvgIpc) is 2.18. The molecule has 100 valence electrons. The highest BCUT2D eigenvalue weighted by Gasteiger charge is 2.29. The first-order valence-electron chi connectivity index (χ1n) is 6.60. The van der Waals surface area contributed by atoms with Crippen molar-refractivity contribution in [3.05, 3.63) is 0 Å². The van der Waals surface area contributed by atoms with E-state index in [-0.39, 0.29) is 11.4 Å². The van der Waals surface area contributed by atoms with Crippen molar-refractivity contribution in [3.63, 3.8) is 0 Å². The normalized spacial score (nSPS) is 26.9. The molecule has 1 heterocycles. The van der Waals surface area contributed by atoms with E-state index in [0.29, 0.717) is 25.2 Å². The topological polar surface area (TPSA) is 58.4 Å². The first-order chi connectivity index (χ1) is 7.83. The van der Waals surface area contributed by atoms with Crippen molar-refractivity contribution in [1.29, 1.82) is 0 Å². The number of carbonyl (C=O) groups excluding carboxylic acids is 1. The second-order valence-corrected chi connectivity index (χ2v) is 6.14. The number of nitrogens with one attached hydrogen (secondary N) is 1. The van der Waals surface area contributed by atoms with Gasteiger partial charge in [0.2, 0.25) is 5.91 Å². The Morgan fingerprint density at radius 2 is 2.06 bits per heavy atom. The third-order valence-corrected chi connectivity index (χ3v) is 3.31. The Hall–Kier alpha value is -0.610. The minimum Gasteiger partial charge on any atom is -0.350 e. The Morgan fingerprint density at radius 3 is 2.59 bits per heavy atom. The third-order valence-electron chi connectivity index (χ3n) is 3.31. The van der Waals surface area contributed by atoms with Crippen LogP contribution < -0.4 is 11.1 Å². The molecule has 0 aromatic carbocycles. The van der Waals surface area contributed by atoms with E-state index >= 15 is 0 Å². The summed E-state index contributed by atoms with van der Waals surface area (Å²) in [5.74, 6) is 0.102. The average molecular weight is 241 g/mol. The van der Waals surface area contributed by atoms with Crippen molar-refractivity contribution in [3.8, 4) is 0 Å². The minimum absolute atomic E-state index is 0.102. The smallest absolute Gasteiger partial charge is 0.234 e. The van der Waals surface area contributed by atoms with Crippen LogP contribution in [0.25, 0.3) is 0 Å². The lowest BCUT2D eigenvalue weighted by molar-refractivity contribution is -0.125. The maximum absolute atomic E-state index is 11.9. The number of piperidine rings is 1. The van der Waals surface area contributed by atoms with E-state index in [4.69, 9.17) is 5.73 Å². The predicted octanol–water partition coefficient (Wildman–Crippen LogP) is 1.10. The molecule has 0 radical (unpaired) electrons. The molecule has 0 saturated carbocycles. The van der Waals surface area contributed by atoms with E-state index in [1.165, 1.54) is 12.8 Å². The molecule has 1 aliphatic heterocycles. The van der Waals surface area contributed by atoms with Crippen LogP contribution in [0.3, 0.4) is 0 Å². The number of rotatable bonds is 3. The summed E-state index contributed by atoms with van der Waals surface area (Å²) in [6, 6.07) is 0.826. The molecule has 4 heteroatoms. The van der Waals surface area contributed by atoms with Crippen LogP contribution in [-0.4, -0.2) is 41.5 Å². The molecular weight excluding hydrogens is 214 g/mol. The fourth-order valence-corrected chi connectivity index (χ4v) is 2.50. The summed E-state index contributed by atoms with van der Waals surface area (Å²) in [5.41, 5.74) is 5.63. The summed E-state index contributed by atoms with van der Waals surface area (Å²) in [6.07, 6.45) is 3.50. The van der Waals surface area contributed by atoms with Crippen LogP contribution in [0.5, 0.6) is 0 Å². The van der Waals surface area contributed by atoms with E-state index in [9.17, 15) is 4.79 Å². The zero-order valence-electron chi connectivity index (χ0n) is 11.6. The molecule has 0 aromatic rings. The van der Waals surface area contributed by atoms with Gasteiger partial charge in [-0.25, -0.2) is 0 Å². The molecular formula is C13H27N3O. The van der Waals surface area contributed by atoms with Crippen LogP contribution in [0.2, 0.25) is 0 Å². The van der Waals surface area contributed by atoms with Gasteiger partial charge in [0.15, 0.2) is 0 Å². The molecule has 3 N–H and O–H groups in total. The summed E-state index contributed by atoms with van der Waals surface area (Å²) in [6.45, 7) is 9.32. The number of hydrogen-bond acceptors (Lipinski definition) is 3.